The molecule has 0 heterocycles. The predicted molar refractivity (Wildman–Crippen MR) is 100 cm³/mol. The molecule has 2 aromatic carbocycles. The smallest absolute Gasteiger partial charge is 0.224 e. The van der Waals surface area contributed by atoms with Crippen molar-refractivity contribution in [2.45, 2.75) is 32.6 Å². The van der Waals surface area contributed by atoms with Crippen molar-refractivity contribution < 1.29 is 14.3 Å². The third-order valence-electron chi connectivity index (χ3n) is 3.91. The van der Waals surface area contributed by atoms with Gasteiger partial charge in [0.2, 0.25) is 5.91 Å². The van der Waals surface area contributed by atoms with Gasteiger partial charge in [0, 0.05) is 0 Å². The molecule has 1 amide bonds. The van der Waals surface area contributed by atoms with Crippen LogP contribution in [0.4, 0.5) is 0 Å². The van der Waals surface area contributed by atoms with Gasteiger partial charge < -0.3 is 14.8 Å². The molecule has 0 fully saturated rings. The van der Waals surface area contributed by atoms with Crippen molar-refractivity contribution in [3.8, 4) is 11.5 Å². The van der Waals surface area contributed by atoms with Crippen LogP contribution < -0.4 is 14.8 Å². The Labute approximate surface area is 150 Å². The molecule has 0 aliphatic rings. The van der Waals surface area contributed by atoms with Gasteiger partial charge in [-0.25, -0.2) is 0 Å². The topological polar surface area (TPSA) is 47.6 Å². The van der Waals surface area contributed by atoms with Crippen LogP contribution in [-0.2, 0) is 16.6 Å². The van der Waals surface area contributed by atoms with Crippen LogP contribution in [0.25, 0.3) is 0 Å². The Morgan fingerprint density at radius 3 is 2.40 bits per heavy atom. The van der Waals surface area contributed by atoms with Crippen molar-refractivity contribution in [2.24, 2.45) is 0 Å². The Morgan fingerprint density at radius 2 is 1.76 bits per heavy atom. The predicted octanol–water partition coefficient (Wildman–Crippen LogP) is 3.73. The first kappa shape index (κ1) is 18.8. The zero-order chi connectivity index (χ0) is 18.3. The van der Waals surface area contributed by atoms with Gasteiger partial charge in [0.1, 0.15) is 18.1 Å². The summed E-state index contributed by atoms with van der Waals surface area (Å²) < 4.78 is 10.8. The van der Waals surface area contributed by atoms with E-state index in [9.17, 15) is 4.79 Å². The number of amides is 1. The largest absolute Gasteiger partial charge is 0.497 e. The minimum absolute atomic E-state index is 0.0278. The number of hydrogen-bond donors (Lipinski definition) is 1. The molecule has 0 aromatic heterocycles. The third-order valence-corrected chi connectivity index (χ3v) is 3.91. The molecule has 2 rings (SSSR count). The average Bonchev–Trinajstić information content (AvgIpc) is 2.58. The summed E-state index contributed by atoms with van der Waals surface area (Å²) in [5.41, 5.74) is 2.33. The summed E-state index contributed by atoms with van der Waals surface area (Å²) in [7, 11) is 1.62. The molecule has 0 spiro atoms. The molecule has 2 aromatic rings. The number of ether oxygens (including phenoxy) is 2. The third kappa shape index (κ3) is 6.14. The maximum absolute atomic E-state index is 12.0. The van der Waals surface area contributed by atoms with Crippen LogP contribution in [0.1, 0.15) is 31.9 Å². The second kappa shape index (κ2) is 8.56. The Hall–Kier alpha value is -2.49. The quantitative estimate of drug-likeness (QED) is 0.781. The van der Waals surface area contributed by atoms with Crippen LogP contribution in [0.5, 0.6) is 11.5 Å². The van der Waals surface area contributed by atoms with Gasteiger partial charge in [-0.15, -0.1) is 0 Å². The first-order chi connectivity index (χ1) is 11.9. The first-order valence-electron chi connectivity index (χ1n) is 8.51. The number of nitrogens with one attached hydrogen (secondary N) is 1. The molecule has 4 heteroatoms. The normalized spacial score (nSPS) is 11.0. The molecule has 0 unspecified atom stereocenters. The Bertz CT molecular complexity index is 687. The van der Waals surface area contributed by atoms with Gasteiger partial charge in [0.25, 0.3) is 0 Å². The molecule has 25 heavy (non-hydrogen) atoms. The van der Waals surface area contributed by atoms with Gasteiger partial charge in [0.15, 0.2) is 0 Å². The van der Waals surface area contributed by atoms with E-state index in [1.165, 1.54) is 5.56 Å². The summed E-state index contributed by atoms with van der Waals surface area (Å²) in [5.74, 6) is 1.54. The maximum Gasteiger partial charge on any atom is 0.224 e. The lowest BCUT2D eigenvalue weighted by atomic mass is 9.87. The number of rotatable bonds is 7. The fourth-order valence-corrected chi connectivity index (χ4v) is 2.44. The minimum Gasteiger partial charge on any atom is -0.497 e. The van der Waals surface area contributed by atoms with Crippen molar-refractivity contribution in [2.75, 3.05) is 20.3 Å². The molecule has 0 atom stereocenters. The van der Waals surface area contributed by atoms with E-state index in [-0.39, 0.29) is 11.3 Å². The van der Waals surface area contributed by atoms with E-state index in [2.05, 4.69) is 38.2 Å². The van der Waals surface area contributed by atoms with E-state index in [1.807, 2.05) is 36.4 Å². The summed E-state index contributed by atoms with van der Waals surface area (Å²) in [6.07, 6.45) is 0.331. The highest BCUT2D eigenvalue weighted by molar-refractivity contribution is 5.78. The molecule has 0 radical (unpaired) electrons. The fraction of sp³-hybridized carbons (Fsp3) is 0.381. The van der Waals surface area contributed by atoms with Crippen molar-refractivity contribution in [3.63, 3.8) is 0 Å². The molecule has 4 nitrogen and oxygen atoms in total. The number of carbonyl (C=O) groups is 1. The average molecular weight is 341 g/mol. The zero-order valence-corrected chi connectivity index (χ0v) is 15.5. The molecule has 0 aliphatic carbocycles. The van der Waals surface area contributed by atoms with Crippen LogP contribution in [0.2, 0.25) is 0 Å². The van der Waals surface area contributed by atoms with Gasteiger partial charge in [0.05, 0.1) is 20.1 Å². The summed E-state index contributed by atoms with van der Waals surface area (Å²) in [4.78, 5) is 12.0. The van der Waals surface area contributed by atoms with E-state index >= 15 is 0 Å². The molecule has 0 saturated carbocycles. The SMILES string of the molecule is COc1cccc(CC(=O)NCCOc2ccc(C(C)(C)C)cc2)c1. The Kier molecular flexibility index (Phi) is 6.45. The Morgan fingerprint density at radius 1 is 1.04 bits per heavy atom. The van der Waals surface area contributed by atoms with Gasteiger partial charge in [-0.3, -0.25) is 4.79 Å². The van der Waals surface area contributed by atoms with Gasteiger partial charge >= 0.3 is 0 Å². The van der Waals surface area contributed by atoms with Crippen LogP contribution in [0, 0.1) is 0 Å². The zero-order valence-electron chi connectivity index (χ0n) is 15.5. The highest BCUT2D eigenvalue weighted by Gasteiger charge is 2.12. The molecule has 0 aliphatic heterocycles. The van der Waals surface area contributed by atoms with Crippen molar-refractivity contribution in [3.05, 3.63) is 59.7 Å². The van der Waals surface area contributed by atoms with Crippen LogP contribution >= 0.6 is 0 Å². The monoisotopic (exact) mass is 341 g/mol. The van der Waals surface area contributed by atoms with E-state index in [4.69, 9.17) is 9.47 Å². The standard InChI is InChI=1S/C21H27NO3/c1-21(2,3)17-8-10-18(11-9-17)25-13-12-22-20(23)15-16-6-5-7-19(14-16)24-4/h5-11,14H,12-13,15H2,1-4H3,(H,22,23). The van der Waals surface area contributed by atoms with Crippen molar-refractivity contribution in [1.29, 1.82) is 0 Å². The molecule has 0 saturated heterocycles. The summed E-state index contributed by atoms with van der Waals surface area (Å²) in [6, 6.07) is 15.6. The first-order valence-corrected chi connectivity index (χ1v) is 8.51. The highest BCUT2D eigenvalue weighted by atomic mass is 16.5. The summed E-state index contributed by atoms with van der Waals surface area (Å²) in [5, 5.41) is 2.87. The molecule has 0 bridgehead atoms. The van der Waals surface area contributed by atoms with E-state index in [1.54, 1.807) is 7.11 Å². The highest BCUT2D eigenvalue weighted by Crippen LogP contribution is 2.24. The maximum atomic E-state index is 12.0. The second-order valence-electron chi connectivity index (χ2n) is 7.00. The van der Waals surface area contributed by atoms with E-state index in [0.29, 0.717) is 19.6 Å². The number of carbonyl (C=O) groups excluding carboxylic acids is 1. The lowest BCUT2D eigenvalue weighted by Gasteiger charge is -2.19. The van der Waals surface area contributed by atoms with Crippen LogP contribution in [-0.4, -0.2) is 26.2 Å². The lowest BCUT2D eigenvalue weighted by molar-refractivity contribution is -0.120. The van der Waals surface area contributed by atoms with Gasteiger partial charge in [-0.1, -0.05) is 45.0 Å². The summed E-state index contributed by atoms with van der Waals surface area (Å²) in [6.45, 7) is 7.46. The van der Waals surface area contributed by atoms with Crippen LogP contribution in [0.3, 0.4) is 0 Å². The van der Waals surface area contributed by atoms with Gasteiger partial charge in [-0.2, -0.15) is 0 Å². The molecule has 1 N–H and O–H groups in total. The molecular formula is C21H27NO3. The Balaban J connectivity index is 1.72. The summed E-state index contributed by atoms with van der Waals surface area (Å²) >= 11 is 0. The fourth-order valence-electron chi connectivity index (χ4n) is 2.44. The number of hydrogen-bond acceptors (Lipinski definition) is 3. The van der Waals surface area contributed by atoms with E-state index < -0.39 is 0 Å². The van der Waals surface area contributed by atoms with E-state index in [0.717, 1.165) is 17.1 Å². The number of benzene rings is 2. The van der Waals surface area contributed by atoms with Crippen LogP contribution in [0.15, 0.2) is 48.5 Å². The number of methoxy groups -OCH3 is 1. The van der Waals surface area contributed by atoms with Gasteiger partial charge in [-0.05, 0) is 40.8 Å². The second-order valence-corrected chi connectivity index (χ2v) is 7.00. The van der Waals surface area contributed by atoms with Crippen molar-refractivity contribution >= 4 is 5.91 Å². The molecule has 134 valence electrons. The van der Waals surface area contributed by atoms with Crippen molar-refractivity contribution in [1.82, 2.24) is 5.32 Å². The lowest BCUT2D eigenvalue weighted by Crippen LogP contribution is -2.29. The minimum atomic E-state index is -0.0278. The molecular weight excluding hydrogens is 314 g/mol.